The summed E-state index contributed by atoms with van der Waals surface area (Å²) in [6.45, 7) is 1.86. The van der Waals surface area contributed by atoms with Gasteiger partial charge in [-0.1, -0.05) is 30.3 Å². The van der Waals surface area contributed by atoms with E-state index in [-0.39, 0.29) is 14.8 Å². The van der Waals surface area contributed by atoms with Crippen LogP contribution in [0.5, 0.6) is 0 Å². The van der Waals surface area contributed by atoms with Crippen molar-refractivity contribution < 1.29 is 9.09 Å². The molecule has 58 valence electrons. The van der Waals surface area contributed by atoms with Gasteiger partial charge in [0.15, 0.2) is 0 Å². The van der Waals surface area contributed by atoms with Gasteiger partial charge in [0, 0.05) is 0 Å². The first-order chi connectivity index (χ1) is 5.34. The zero-order chi connectivity index (χ0) is 8.10. The third-order valence-electron chi connectivity index (χ3n) is 1.47. The Kier molecular flexibility index (Phi) is 3.21. The van der Waals surface area contributed by atoms with Crippen LogP contribution in [0, 0.1) is 0 Å². The van der Waals surface area contributed by atoms with Crippen molar-refractivity contribution in [2.24, 2.45) is 0 Å². The topological polar surface area (TPSA) is 26.3 Å². The van der Waals surface area contributed by atoms with Crippen LogP contribution in [0.1, 0.15) is 18.6 Å². The third-order valence-corrected chi connectivity index (χ3v) is 1.87. The molecule has 1 rings (SSSR count). The lowest BCUT2D eigenvalue weighted by Gasteiger charge is -2.05. The number of hydrogen-bond donors (Lipinski definition) is 0. The van der Waals surface area contributed by atoms with Crippen molar-refractivity contribution in [2.75, 3.05) is 0 Å². The summed E-state index contributed by atoms with van der Waals surface area (Å²) >= 11 is 0. The zero-order valence-corrected chi connectivity index (χ0v) is 7.12. The first kappa shape index (κ1) is 8.38. The molecule has 0 saturated carbocycles. The summed E-state index contributed by atoms with van der Waals surface area (Å²) in [5, 5.41) is 0. The van der Waals surface area contributed by atoms with Crippen molar-refractivity contribution in [1.29, 1.82) is 0 Å². The van der Waals surface area contributed by atoms with Crippen molar-refractivity contribution >= 4 is 8.69 Å². The van der Waals surface area contributed by atoms with Crippen molar-refractivity contribution in [3.63, 3.8) is 0 Å². The molecule has 0 fully saturated rings. The van der Waals surface area contributed by atoms with Crippen molar-refractivity contribution in [3.05, 3.63) is 35.9 Å². The van der Waals surface area contributed by atoms with Crippen LogP contribution in [-0.2, 0) is 9.09 Å². The van der Waals surface area contributed by atoms with Gasteiger partial charge in [-0.15, -0.1) is 0 Å². The minimum Gasteiger partial charge on any atom is -0.287 e. The van der Waals surface area contributed by atoms with Crippen molar-refractivity contribution in [3.8, 4) is 0 Å². The number of benzene rings is 1. The molecule has 0 amide bonds. The third kappa shape index (κ3) is 2.41. The van der Waals surface area contributed by atoms with E-state index in [1.165, 1.54) is 0 Å². The summed E-state index contributed by atoms with van der Waals surface area (Å²) in [4.78, 5) is 0. The normalized spacial score (nSPS) is 13.2. The Balaban J connectivity index is 2.68. The predicted octanol–water partition coefficient (Wildman–Crippen LogP) is 2.97. The average molecular weight is 168 g/mol. The fourth-order valence-electron chi connectivity index (χ4n) is 0.849. The second-order valence-electron chi connectivity index (χ2n) is 2.23. The Bertz CT molecular complexity index is 223. The van der Waals surface area contributed by atoms with E-state index in [4.69, 9.17) is 4.52 Å². The summed E-state index contributed by atoms with van der Waals surface area (Å²) < 4.78 is 14.9. The van der Waals surface area contributed by atoms with Gasteiger partial charge in [0.2, 0.25) is 0 Å². The standard InChI is InChI=1S/C8H9O2P/c1-7(10-11-9)8-5-3-2-4-6-8/h2-7H,1H3. The molecule has 1 aromatic carbocycles. The van der Waals surface area contributed by atoms with Crippen LogP contribution in [0.4, 0.5) is 0 Å². The highest BCUT2D eigenvalue weighted by atomic mass is 31.1. The van der Waals surface area contributed by atoms with E-state index in [0.717, 1.165) is 5.56 Å². The Morgan fingerprint density at radius 2 is 2.00 bits per heavy atom. The summed E-state index contributed by atoms with van der Waals surface area (Å²) in [6, 6.07) is 9.67. The fourth-order valence-corrected chi connectivity index (χ4v) is 1.10. The maximum Gasteiger partial charge on any atom is 0.327 e. The van der Waals surface area contributed by atoms with Gasteiger partial charge in [-0.25, -0.2) is 4.57 Å². The lowest BCUT2D eigenvalue weighted by atomic mass is 10.1. The van der Waals surface area contributed by atoms with E-state index in [0.29, 0.717) is 0 Å². The molecule has 0 aliphatic heterocycles. The van der Waals surface area contributed by atoms with Gasteiger partial charge >= 0.3 is 8.69 Å². The van der Waals surface area contributed by atoms with Gasteiger partial charge in [-0.2, -0.15) is 0 Å². The summed E-state index contributed by atoms with van der Waals surface area (Å²) in [7, 11) is -0.266. The molecule has 0 saturated heterocycles. The van der Waals surface area contributed by atoms with Crippen LogP contribution in [-0.4, -0.2) is 0 Å². The van der Waals surface area contributed by atoms with Crippen LogP contribution in [0.2, 0.25) is 0 Å². The molecule has 0 N–H and O–H groups in total. The minimum absolute atomic E-state index is 0.102. The van der Waals surface area contributed by atoms with E-state index in [9.17, 15) is 4.57 Å². The number of hydrogen-bond acceptors (Lipinski definition) is 2. The molecule has 11 heavy (non-hydrogen) atoms. The molecule has 0 heterocycles. The zero-order valence-electron chi connectivity index (χ0n) is 6.23. The highest BCUT2D eigenvalue weighted by Crippen LogP contribution is 2.19. The SMILES string of the molecule is CC(OP=O)c1ccccc1. The van der Waals surface area contributed by atoms with E-state index >= 15 is 0 Å². The van der Waals surface area contributed by atoms with E-state index in [2.05, 4.69) is 0 Å². The Labute approximate surface area is 67.5 Å². The molecule has 0 aromatic heterocycles. The smallest absolute Gasteiger partial charge is 0.287 e. The van der Waals surface area contributed by atoms with Gasteiger partial charge < -0.3 is 0 Å². The second-order valence-corrected chi connectivity index (χ2v) is 2.59. The first-order valence-electron chi connectivity index (χ1n) is 3.38. The molecule has 0 spiro atoms. The molecule has 1 aromatic rings. The maximum atomic E-state index is 10.1. The lowest BCUT2D eigenvalue weighted by Crippen LogP contribution is -1.90. The van der Waals surface area contributed by atoms with Gasteiger partial charge in [0.1, 0.15) is 0 Å². The summed E-state index contributed by atoms with van der Waals surface area (Å²) in [5.41, 5.74) is 1.04. The lowest BCUT2D eigenvalue weighted by molar-refractivity contribution is 0.251. The molecule has 2 nitrogen and oxygen atoms in total. The Morgan fingerprint density at radius 1 is 1.36 bits per heavy atom. The monoisotopic (exact) mass is 168 g/mol. The van der Waals surface area contributed by atoms with Crippen LogP contribution in [0.25, 0.3) is 0 Å². The van der Waals surface area contributed by atoms with Crippen LogP contribution >= 0.6 is 8.69 Å². The first-order valence-corrected chi connectivity index (χ1v) is 4.11. The molecule has 3 heteroatoms. The van der Waals surface area contributed by atoms with Gasteiger partial charge in [0.25, 0.3) is 0 Å². The van der Waals surface area contributed by atoms with E-state index in [1.54, 1.807) is 0 Å². The number of rotatable bonds is 3. The molecular formula is C8H9O2P. The predicted molar refractivity (Wildman–Crippen MR) is 43.5 cm³/mol. The highest BCUT2D eigenvalue weighted by Gasteiger charge is 2.03. The van der Waals surface area contributed by atoms with E-state index < -0.39 is 0 Å². The van der Waals surface area contributed by atoms with Crippen LogP contribution < -0.4 is 0 Å². The van der Waals surface area contributed by atoms with Gasteiger partial charge in [-0.05, 0) is 12.5 Å². The second kappa shape index (κ2) is 4.22. The quantitative estimate of drug-likeness (QED) is 0.648. The van der Waals surface area contributed by atoms with E-state index in [1.807, 2.05) is 37.3 Å². The molecule has 0 aliphatic carbocycles. The Hall–Kier alpha value is -0.720. The Morgan fingerprint density at radius 3 is 2.55 bits per heavy atom. The molecule has 0 bridgehead atoms. The molecular weight excluding hydrogens is 159 g/mol. The fraction of sp³-hybridized carbons (Fsp3) is 0.250. The summed E-state index contributed by atoms with van der Waals surface area (Å²) in [6.07, 6.45) is -0.102. The molecule has 1 atom stereocenters. The molecule has 0 aliphatic rings. The largest absolute Gasteiger partial charge is 0.327 e. The average Bonchev–Trinajstić information content (AvgIpc) is 2.07. The molecule has 1 unspecified atom stereocenters. The van der Waals surface area contributed by atoms with Crippen LogP contribution in [0.15, 0.2) is 30.3 Å². The van der Waals surface area contributed by atoms with Crippen LogP contribution in [0.3, 0.4) is 0 Å². The summed E-state index contributed by atoms with van der Waals surface area (Å²) in [5.74, 6) is 0. The highest BCUT2D eigenvalue weighted by molar-refractivity contribution is 7.17. The minimum atomic E-state index is -0.266. The molecule has 0 radical (unpaired) electrons. The van der Waals surface area contributed by atoms with Gasteiger partial charge in [0.05, 0.1) is 6.10 Å². The van der Waals surface area contributed by atoms with Gasteiger partial charge in [-0.3, -0.25) is 4.52 Å². The van der Waals surface area contributed by atoms with Crippen molar-refractivity contribution in [1.82, 2.24) is 0 Å². The maximum absolute atomic E-state index is 10.1. The van der Waals surface area contributed by atoms with Crippen molar-refractivity contribution in [2.45, 2.75) is 13.0 Å².